The molecule has 1 atom stereocenters. The summed E-state index contributed by atoms with van der Waals surface area (Å²) in [6.45, 7) is 9.98. The molecule has 20 heavy (non-hydrogen) atoms. The van der Waals surface area contributed by atoms with Gasteiger partial charge in [-0.25, -0.2) is 0 Å². The fourth-order valence-electron chi connectivity index (χ4n) is 3.35. The lowest BCUT2D eigenvalue weighted by molar-refractivity contribution is 0.0218. The molecule has 5 nitrogen and oxygen atoms in total. The van der Waals surface area contributed by atoms with Crippen molar-refractivity contribution in [2.45, 2.75) is 64.6 Å². The van der Waals surface area contributed by atoms with Crippen LogP contribution in [0.3, 0.4) is 0 Å². The molecule has 1 fully saturated rings. The Kier molecular flexibility index (Phi) is 5.16. The van der Waals surface area contributed by atoms with Crippen LogP contribution in [-0.2, 0) is 13.6 Å². The number of nitrogens with one attached hydrogen (secondary N) is 1. The number of aryl methyl sites for hydroxylation is 1. The van der Waals surface area contributed by atoms with Crippen molar-refractivity contribution in [3.63, 3.8) is 0 Å². The lowest BCUT2D eigenvalue weighted by Gasteiger charge is -2.49. The summed E-state index contributed by atoms with van der Waals surface area (Å²) >= 11 is 0. The van der Waals surface area contributed by atoms with Crippen molar-refractivity contribution in [2.75, 3.05) is 13.1 Å². The normalized spacial score (nSPS) is 23.1. The summed E-state index contributed by atoms with van der Waals surface area (Å²) in [5, 5.41) is 12.1. The lowest BCUT2D eigenvalue weighted by atomic mass is 9.86. The van der Waals surface area contributed by atoms with Gasteiger partial charge in [0.05, 0.1) is 5.69 Å². The molecule has 5 heteroatoms. The molecule has 0 radical (unpaired) electrons. The van der Waals surface area contributed by atoms with Crippen LogP contribution in [0.1, 0.15) is 52.1 Å². The molecule has 0 bridgehead atoms. The molecule has 0 spiro atoms. The number of piperazine rings is 1. The molecule has 1 aliphatic rings. The van der Waals surface area contributed by atoms with E-state index >= 15 is 0 Å². The van der Waals surface area contributed by atoms with Gasteiger partial charge < -0.3 is 5.32 Å². The van der Waals surface area contributed by atoms with Gasteiger partial charge in [-0.1, -0.05) is 32.4 Å². The van der Waals surface area contributed by atoms with E-state index in [1.807, 2.05) is 13.2 Å². The molecule has 0 aliphatic carbocycles. The Balaban J connectivity index is 2.12. The zero-order valence-electron chi connectivity index (χ0n) is 13.4. The fraction of sp³-hybridized carbons (Fsp3) is 0.867. The van der Waals surface area contributed by atoms with Crippen molar-refractivity contribution < 1.29 is 0 Å². The molecule has 1 aromatic heterocycles. The summed E-state index contributed by atoms with van der Waals surface area (Å²) in [7, 11) is 1.93. The van der Waals surface area contributed by atoms with Crippen LogP contribution in [0.5, 0.6) is 0 Å². The van der Waals surface area contributed by atoms with Crippen molar-refractivity contribution >= 4 is 0 Å². The Morgan fingerprint density at radius 2 is 2.10 bits per heavy atom. The number of hydrogen-bond acceptors (Lipinski definition) is 4. The van der Waals surface area contributed by atoms with Gasteiger partial charge in [-0.05, 0) is 19.3 Å². The van der Waals surface area contributed by atoms with Gasteiger partial charge in [-0.2, -0.15) is 0 Å². The molecular formula is C15H29N5. The highest BCUT2D eigenvalue weighted by atomic mass is 15.4. The summed E-state index contributed by atoms with van der Waals surface area (Å²) in [4.78, 5) is 2.63. The minimum atomic E-state index is 0.266. The molecule has 0 amide bonds. The molecular weight excluding hydrogens is 250 g/mol. The summed E-state index contributed by atoms with van der Waals surface area (Å²) in [5.74, 6) is 0. The van der Waals surface area contributed by atoms with E-state index in [9.17, 15) is 0 Å². The number of hydrogen-bond donors (Lipinski definition) is 1. The SMILES string of the molecule is CCCC1CN(Cc2cn(C)nn2)C(CC)(CC)CN1. The first-order chi connectivity index (χ1) is 9.63. The summed E-state index contributed by atoms with van der Waals surface area (Å²) in [6, 6.07) is 0.614. The van der Waals surface area contributed by atoms with Crippen molar-refractivity contribution in [3.05, 3.63) is 11.9 Å². The maximum absolute atomic E-state index is 4.27. The second kappa shape index (κ2) is 6.68. The molecule has 1 saturated heterocycles. The highest BCUT2D eigenvalue weighted by Gasteiger charge is 2.38. The predicted molar refractivity (Wildman–Crippen MR) is 81.4 cm³/mol. The second-order valence-electron chi connectivity index (χ2n) is 6.06. The Labute approximate surface area is 122 Å². The van der Waals surface area contributed by atoms with Crippen LogP contribution in [0.2, 0.25) is 0 Å². The van der Waals surface area contributed by atoms with Gasteiger partial charge in [0.2, 0.25) is 0 Å². The number of rotatable bonds is 6. The Morgan fingerprint density at radius 1 is 1.35 bits per heavy atom. The Bertz CT molecular complexity index is 410. The van der Waals surface area contributed by atoms with E-state index in [1.54, 1.807) is 4.68 Å². The second-order valence-corrected chi connectivity index (χ2v) is 6.06. The first-order valence-corrected chi connectivity index (χ1v) is 7.97. The average molecular weight is 279 g/mol. The van der Waals surface area contributed by atoms with Crippen molar-refractivity contribution in [1.29, 1.82) is 0 Å². The van der Waals surface area contributed by atoms with Crippen LogP contribution in [0.25, 0.3) is 0 Å². The van der Waals surface area contributed by atoms with E-state index in [2.05, 4.69) is 41.3 Å². The summed E-state index contributed by atoms with van der Waals surface area (Å²) in [6.07, 6.45) is 6.88. The summed E-state index contributed by atoms with van der Waals surface area (Å²) < 4.78 is 1.79. The number of aromatic nitrogens is 3. The monoisotopic (exact) mass is 279 g/mol. The van der Waals surface area contributed by atoms with Gasteiger partial charge in [0.15, 0.2) is 0 Å². The zero-order valence-corrected chi connectivity index (χ0v) is 13.4. The standard InChI is InChI=1S/C15H29N5/c1-5-8-13-10-20(11-14-9-19(4)18-17-14)15(6-2,7-3)12-16-13/h9,13,16H,5-8,10-12H2,1-4H3. The maximum Gasteiger partial charge on any atom is 0.0967 e. The van der Waals surface area contributed by atoms with Gasteiger partial charge in [0.25, 0.3) is 0 Å². The van der Waals surface area contributed by atoms with Gasteiger partial charge in [-0.3, -0.25) is 9.58 Å². The van der Waals surface area contributed by atoms with Crippen LogP contribution in [0.15, 0.2) is 6.20 Å². The van der Waals surface area contributed by atoms with Gasteiger partial charge in [0.1, 0.15) is 0 Å². The molecule has 2 rings (SSSR count). The van der Waals surface area contributed by atoms with Crippen LogP contribution < -0.4 is 5.32 Å². The van der Waals surface area contributed by atoms with Crippen molar-refractivity contribution in [3.8, 4) is 0 Å². The lowest BCUT2D eigenvalue weighted by Crippen LogP contribution is -2.63. The van der Waals surface area contributed by atoms with E-state index in [0.717, 1.165) is 25.3 Å². The van der Waals surface area contributed by atoms with Crippen LogP contribution >= 0.6 is 0 Å². The van der Waals surface area contributed by atoms with Crippen molar-refractivity contribution in [1.82, 2.24) is 25.2 Å². The van der Waals surface area contributed by atoms with E-state index < -0.39 is 0 Å². The molecule has 1 unspecified atom stereocenters. The van der Waals surface area contributed by atoms with Gasteiger partial charge in [-0.15, -0.1) is 5.10 Å². The first-order valence-electron chi connectivity index (χ1n) is 7.97. The highest BCUT2D eigenvalue weighted by molar-refractivity contribution is 5.01. The highest BCUT2D eigenvalue weighted by Crippen LogP contribution is 2.29. The van der Waals surface area contributed by atoms with Gasteiger partial charge in [0, 0.05) is 44.5 Å². The van der Waals surface area contributed by atoms with E-state index in [1.165, 1.54) is 25.7 Å². The number of nitrogens with zero attached hydrogens (tertiary/aromatic N) is 4. The molecule has 1 N–H and O–H groups in total. The van der Waals surface area contributed by atoms with Crippen LogP contribution in [-0.4, -0.2) is 44.6 Å². The van der Waals surface area contributed by atoms with E-state index in [4.69, 9.17) is 0 Å². The van der Waals surface area contributed by atoms with Crippen LogP contribution in [0, 0.1) is 0 Å². The third kappa shape index (κ3) is 3.20. The summed E-state index contributed by atoms with van der Waals surface area (Å²) in [5.41, 5.74) is 1.35. The van der Waals surface area contributed by atoms with Crippen LogP contribution in [0.4, 0.5) is 0 Å². The molecule has 2 heterocycles. The zero-order chi connectivity index (χ0) is 14.6. The molecule has 1 aliphatic heterocycles. The van der Waals surface area contributed by atoms with Crippen molar-refractivity contribution in [2.24, 2.45) is 7.05 Å². The quantitative estimate of drug-likeness (QED) is 0.864. The van der Waals surface area contributed by atoms with E-state index in [0.29, 0.717) is 6.04 Å². The smallest absolute Gasteiger partial charge is 0.0967 e. The minimum absolute atomic E-state index is 0.266. The Hall–Kier alpha value is -0.940. The van der Waals surface area contributed by atoms with E-state index in [-0.39, 0.29) is 5.54 Å². The Morgan fingerprint density at radius 3 is 2.65 bits per heavy atom. The maximum atomic E-state index is 4.27. The molecule has 0 aromatic carbocycles. The first kappa shape index (κ1) is 15.4. The minimum Gasteiger partial charge on any atom is -0.311 e. The molecule has 114 valence electrons. The molecule has 1 aromatic rings. The third-order valence-electron chi connectivity index (χ3n) is 4.79. The topological polar surface area (TPSA) is 46.0 Å². The largest absolute Gasteiger partial charge is 0.311 e. The predicted octanol–water partition coefficient (Wildman–Crippen LogP) is 1.95. The fourth-order valence-corrected chi connectivity index (χ4v) is 3.35. The third-order valence-corrected chi connectivity index (χ3v) is 4.79. The average Bonchev–Trinajstić information content (AvgIpc) is 2.86. The van der Waals surface area contributed by atoms with Gasteiger partial charge >= 0.3 is 0 Å². The molecule has 0 saturated carbocycles.